The summed E-state index contributed by atoms with van der Waals surface area (Å²) in [6.45, 7) is 2.37. The largest absolute Gasteiger partial charge is 0.323 e. The van der Waals surface area contributed by atoms with Crippen LogP contribution in [0.5, 0.6) is 0 Å². The van der Waals surface area contributed by atoms with E-state index in [1.54, 1.807) is 15.9 Å². The fourth-order valence-electron chi connectivity index (χ4n) is 1.76. The molecule has 3 heterocycles. The third kappa shape index (κ3) is 1.94. The molecule has 0 saturated carbocycles. The number of fused-ring (bicyclic) bond motifs is 1. The zero-order valence-corrected chi connectivity index (χ0v) is 11.9. The SMILES string of the molecule is Cc1nc(Cn2c(=S)[nH]c3sccc3c2=O)cs1. The fourth-order valence-corrected chi connectivity index (χ4v) is 3.46. The molecule has 3 aromatic rings. The van der Waals surface area contributed by atoms with Gasteiger partial charge in [-0.2, -0.15) is 0 Å². The first kappa shape index (κ1) is 11.8. The monoisotopic (exact) mass is 295 g/mol. The van der Waals surface area contributed by atoms with Gasteiger partial charge >= 0.3 is 0 Å². The van der Waals surface area contributed by atoms with Gasteiger partial charge in [0.1, 0.15) is 4.83 Å². The van der Waals surface area contributed by atoms with Gasteiger partial charge in [-0.15, -0.1) is 22.7 Å². The van der Waals surface area contributed by atoms with Crippen LogP contribution in [-0.4, -0.2) is 14.5 Å². The van der Waals surface area contributed by atoms with Gasteiger partial charge in [-0.1, -0.05) is 0 Å². The molecule has 0 amide bonds. The summed E-state index contributed by atoms with van der Waals surface area (Å²) in [6.07, 6.45) is 0. The standard InChI is InChI=1S/C11H9N3OS3/c1-6-12-7(5-18-6)4-14-10(15)8-2-3-17-9(8)13-11(14)16/h2-3,5H,4H2,1H3,(H,13,16). The lowest BCUT2D eigenvalue weighted by atomic mass is 10.4. The van der Waals surface area contributed by atoms with Crippen molar-refractivity contribution in [1.29, 1.82) is 0 Å². The highest BCUT2D eigenvalue weighted by Crippen LogP contribution is 2.15. The maximum Gasteiger partial charge on any atom is 0.263 e. The minimum absolute atomic E-state index is 0.0550. The molecular weight excluding hydrogens is 286 g/mol. The minimum atomic E-state index is -0.0550. The lowest BCUT2D eigenvalue weighted by Gasteiger charge is -2.03. The van der Waals surface area contributed by atoms with Crippen molar-refractivity contribution in [2.75, 3.05) is 0 Å². The van der Waals surface area contributed by atoms with Crippen LogP contribution in [-0.2, 0) is 6.54 Å². The summed E-state index contributed by atoms with van der Waals surface area (Å²) in [5.41, 5.74) is 0.814. The summed E-state index contributed by atoms with van der Waals surface area (Å²) >= 11 is 8.29. The van der Waals surface area contributed by atoms with Crippen LogP contribution in [0.15, 0.2) is 21.6 Å². The maximum atomic E-state index is 12.3. The number of aromatic amines is 1. The van der Waals surface area contributed by atoms with E-state index in [0.29, 0.717) is 16.7 Å². The molecule has 0 spiro atoms. The van der Waals surface area contributed by atoms with E-state index in [1.165, 1.54) is 11.3 Å². The Kier molecular flexibility index (Phi) is 2.89. The van der Waals surface area contributed by atoms with Gasteiger partial charge in [-0.25, -0.2) is 4.98 Å². The second kappa shape index (κ2) is 4.42. The van der Waals surface area contributed by atoms with Gasteiger partial charge in [0.15, 0.2) is 4.77 Å². The number of aryl methyl sites for hydroxylation is 1. The molecule has 0 atom stereocenters. The highest BCUT2D eigenvalue weighted by Gasteiger charge is 2.08. The molecule has 0 radical (unpaired) electrons. The molecule has 0 aliphatic rings. The Morgan fingerprint density at radius 1 is 1.50 bits per heavy atom. The van der Waals surface area contributed by atoms with E-state index in [0.717, 1.165) is 15.5 Å². The first-order valence-corrected chi connectivity index (χ1v) is 7.43. The van der Waals surface area contributed by atoms with Gasteiger partial charge in [0.25, 0.3) is 5.56 Å². The van der Waals surface area contributed by atoms with Gasteiger partial charge in [0.2, 0.25) is 0 Å². The van der Waals surface area contributed by atoms with E-state index in [4.69, 9.17) is 12.2 Å². The third-order valence-electron chi connectivity index (χ3n) is 2.59. The van der Waals surface area contributed by atoms with E-state index in [9.17, 15) is 4.79 Å². The van der Waals surface area contributed by atoms with Gasteiger partial charge in [-0.05, 0) is 30.6 Å². The van der Waals surface area contributed by atoms with Crippen molar-refractivity contribution in [3.63, 3.8) is 0 Å². The van der Waals surface area contributed by atoms with Crippen molar-refractivity contribution in [3.8, 4) is 0 Å². The minimum Gasteiger partial charge on any atom is -0.323 e. The number of H-pyrrole nitrogens is 1. The third-order valence-corrected chi connectivity index (χ3v) is 4.57. The lowest BCUT2D eigenvalue weighted by molar-refractivity contribution is 0.720. The highest BCUT2D eigenvalue weighted by atomic mass is 32.1. The Balaban J connectivity index is 2.17. The summed E-state index contributed by atoms with van der Waals surface area (Å²) < 4.78 is 2.00. The van der Waals surface area contributed by atoms with E-state index < -0.39 is 0 Å². The molecule has 1 N–H and O–H groups in total. The van der Waals surface area contributed by atoms with Gasteiger partial charge in [0.05, 0.1) is 22.6 Å². The highest BCUT2D eigenvalue weighted by molar-refractivity contribution is 7.71. The van der Waals surface area contributed by atoms with E-state index in [2.05, 4.69) is 9.97 Å². The normalized spacial score (nSPS) is 11.2. The first-order chi connectivity index (χ1) is 8.65. The number of nitrogens with one attached hydrogen (secondary N) is 1. The Hall–Kier alpha value is -1.31. The molecular formula is C11H9N3OS3. The zero-order chi connectivity index (χ0) is 12.7. The molecule has 3 rings (SSSR count). The quantitative estimate of drug-likeness (QED) is 0.740. The van der Waals surface area contributed by atoms with Crippen molar-refractivity contribution in [1.82, 2.24) is 14.5 Å². The molecule has 0 aromatic carbocycles. The topological polar surface area (TPSA) is 50.7 Å². The molecule has 0 aliphatic carbocycles. The number of rotatable bonds is 2. The Labute approximate surface area is 116 Å². The van der Waals surface area contributed by atoms with Gasteiger partial charge < -0.3 is 4.98 Å². The first-order valence-electron chi connectivity index (χ1n) is 5.26. The van der Waals surface area contributed by atoms with E-state index >= 15 is 0 Å². The molecule has 3 aromatic heterocycles. The molecule has 0 fully saturated rings. The van der Waals surface area contributed by atoms with Crippen LogP contribution in [0.25, 0.3) is 10.2 Å². The molecule has 7 heteroatoms. The molecule has 0 aliphatic heterocycles. The fraction of sp³-hybridized carbons (Fsp3) is 0.182. The van der Waals surface area contributed by atoms with Crippen LogP contribution in [0, 0.1) is 11.7 Å². The molecule has 18 heavy (non-hydrogen) atoms. The summed E-state index contributed by atoms with van der Waals surface area (Å²) in [5, 5.41) is 5.51. The molecule has 4 nitrogen and oxygen atoms in total. The number of hydrogen-bond acceptors (Lipinski definition) is 5. The predicted molar refractivity (Wildman–Crippen MR) is 77.2 cm³/mol. The zero-order valence-electron chi connectivity index (χ0n) is 9.47. The number of thiophene rings is 1. The Morgan fingerprint density at radius 2 is 2.33 bits per heavy atom. The second-order valence-corrected chi connectivity index (χ2v) is 6.21. The summed E-state index contributed by atoms with van der Waals surface area (Å²) in [7, 11) is 0. The summed E-state index contributed by atoms with van der Waals surface area (Å²) in [4.78, 5) is 20.5. The molecule has 0 unspecified atom stereocenters. The predicted octanol–water partition coefficient (Wildman–Crippen LogP) is 2.93. The molecule has 92 valence electrons. The number of hydrogen-bond donors (Lipinski definition) is 1. The lowest BCUT2D eigenvalue weighted by Crippen LogP contribution is -2.22. The van der Waals surface area contributed by atoms with Crippen molar-refractivity contribution < 1.29 is 0 Å². The Morgan fingerprint density at radius 3 is 3.06 bits per heavy atom. The van der Waals surface area contributed by atoms with Crippen molar-refractivity contribution in [2.24, 2.45) is 0 Å². The van der Waals surface area contributed by atoms with Crippen LogP contribution in [0.4, 0.5) is 0 Å². The number of thiazole rings is 1. The van der Waals surface area contributed by atoms with Gasteiger partial charge in [0, 0.05) is 5.38 Å². The maximum absolute atomic E-state index is 12.3. The van der Waals surface area contributed by atoms with E-state index in [-0.39, 0.29) is 5.56 Å². The summed E-state index contributed by atoms with van der Waals surface area (Å²) in [5.74, 6) is 0. The van der Waals surface area contributed by atoms with Crippen LogP contribution >= 0.6 is 34.9 Å². The average molecular weight is 295 g/mol. The molecule has 0 bridgehead atoms. The van der Waals surface area contributed by atoms with Crippen LogP contribution < -0.4 is 5.56 Å². The number of aromatic nitrogens is 3. The number of nitrogens with zero attached hydrogens (tertiary/aromatic N) is 2. The van der Waals surface area contributed by atoms with Crippen LogP contribution in [0.1, 0.15) is 10.7 Å². The Bertz CT molecular complexity index is 824. The van der Waals surface area contributed by atoms with Crippen molar-refractivity contribution in [3.05, 3.63) is 42.7 Å². The van der Waals surface area contributed by atoms with Gasteiger partial charge in [-0.3, -0.25) is 9.36 Å². The summed E-state index contributed by atoms with van der Waals surface area (Å²) in [6, 6.07) is 1.82. The van der Waals surface area contributed by atoms with Crippen LogP contribution in [0.3, 0.4) is 0 Å². The van der Waals surface area contributed by atoms with Crippen molar-refractivity contribution in [2.45, 2.75) is 13.5 Å². The van der Waals surface area contributed by atoms with Crippen molar-refractivity contribution >= 4 is 45.1 Å². The molecule has 0 saturated heterocycles. The second-order valence-electron chi connectivity index (χ2n) is 3.84. The smallest absolute Gasteiger partial charge is 0.263 e. The van der Waals surface area contributed by atoms with E-state index in [1.807, 2.05) is 23.8 Å². The van der Waals surface area contributed by atoms with Crippen LogP contribution in [0.2, 0.25) is 0 Å². The average Bonchev–Trinajstić information content (AvgIpc) is 2.93.